The summed E-state index contributed by atoms with van der Waals surface area (Å²) in [5.74, 6) is 0.799. The SMILES string of the molecule is Cc1cc(N2CCCO[C@H](C)C2)c(C#N)c(N2CCCO[C@H](C)C2)n1. The van der Waals surface area contributed by atoms with Crippen molar-refractivity contribution in [2.75, 3.05) is 49.2 Å². The van der Waals surface area contributed by atoms with Crippen LogP contribution in [0.4, 0.5) is 11.5 Å². The topological polar surface area (TPSA) is 61.6 Å². The summed E-state index contributed by atoms with van der Waals surface area (Å²) in [6.45, 7) is 11.1. The second-order valence-electron chi connectivity index (χ2n) is 7.06. The Balaban J connectivity index is 1.99. The summed E-state index contributed by atoms with van der Waals surface area (Å²) in [5, 5.41) is 9.92. The largest absolute Gasteiger partial charge is 0.377 e. The third-order valence-corrected chi connectivity index (χ3v) is 4.76. The number of aromatic nitrogens is 1. The summed E-state index contributed by atoms with van der Waals surface area (Å²) in [6.07, 6.45) is 2.24. The number of hydrogen-bond acceptors (Lipinski definition) is 6. The van der Waals surface area contributed by atoms with Crippen LogP contribution in [0.2, 0.25) is 0 Å². The molecule has 1 aromatic rings. The summed E-state index contributed by atoms with van der Waals surface area (Å²) >= 11 is 0. The molecule has 6 heteroatoms. The van der Waals surface area contributed by atoms with E-state index in [-0.39, 0.29) is 12.2 Å². The minimum Gasteiger partial charge on any atom is -0.377 e. The maximum atomic E-state index is 9.92. The van der Waals surface area contributed by atoms with Gasteiger partial charge in [-0.15, -0.1) is 0 Å². The predicted molar refractivity (Wildman–Crippen MR) is 98.2 cm³/mol. The van der Waals surface area contributed by atoms with Gasteiger partial charge < -0.3 is 19.3 Å². The molecule has 0 N–H and O–H groups in total. The highest BCUT2D eigenvalue weighted by atomic mass is 16.5. The van der Waals surface area contributed by atoms with Crippen LogP contribution in [-0.2, 0) is 9.47 Å². The molecule has 0 saturated carbocycles. The molecule has 2 aliphatic rings. The van der Waals surface area contributed by atoms with Crippen LogP contribution < -0.4 is 9.80 Å². The fourth-order valence-electron chi connectivity index (χ4n) is 3.63. The van der Waals surface area contributed by atoms with E-state index in [9.17, 15) is 5.26 Å². The average molecular weight is 344 g/mol. The van der Waals surface area contributed by atoms with Crippen molar-refractivity contribution in [3.63, 3.8) is 0 Å². The van der Waals surface area contributed by atoms with Crippen LogP contribution >= 0.6 is 0 Å². The lowest BCUT2D eigenvalue weighted by Gasteiger charge is -2.29. The van der Waals surface area contributed by atoms with Gasteiger partial charge in [0, 0.05) is 45.1 Å². The molecule has 0 bridgehead atoms. The molecule has 3 heterocycles. The molecule has 2 aliphatic heterocycles. The molecular weight excluding hydrogens is 316 g/mol. The first-order valence-corrected chi connectivity index (χ1v) is 9.23. The number of pyridine rings is 1. The summed E-state index contributed by atoms with van der Waals surface area (Å²) in [5.41, 5.74) is 2.61. The van der Waals surface area contributed by atoms with Crippen molar-refractivity contribution in [1.82, 2.24) is 4.98 Å². The summed E-state index contributed by atoms with van der Waals surface area (Å²) in [6, 6.07) is 4.47. The quantitative estimate of drug-likeness (QED) is 0.821. The van der Waals surface area contributed by atoms with Crippen LogP contribution in [0, 0.1) is 18.3 Å². The molecule has 2 atom stereocenters. The molecule has 2 saturated heterocycles. The zero-order valence-corrected chi connectivity index (χ0v) is 15.5. The van der Waals surface area contributed by atoms with Gasteiger partial charge in [0.15, 0.2) is 0 Å². The minimum absolute atomic E-state index is 0.145. The van der Waals surface area contributed by atoms with Crippen molar-refractivity contribution in [2.45, 2.75) is 45.8 Å². The molecule has 136 valence electrons. The Labute approximate surface area is 150 Å². The molecule has 0 amide bonds. The van der Waals surface area contributed by atoms with Crippen LogP contribution in [0.1, 0.15) is 37.9 Å². The minimum atomic E-state index is 0.145. The van der Waals surface area contributed by atoms with E-state index in [2.05, 4.69) is 29.7 Å². The van der Waals surface area contributed by atoms with Gasteiger partial charge in [-0.25, -0.2) is 4.98 Å². The summed E-state index contributed by atoms with van der Waals surface area (Å²) < 4.78 is 11.5. The van der Waals surface area contributed by atoms with Gasteiger partial charge in [0.1, 0.15) is 17.5 Å². The van der Waals surface area contributed by atoms with E-state index in [0.717, 1.165) is 69.4 Å². The molecule has 0 spiro atoms. The highest BCUT2D eigenvalue weighted by molar-refractivity contribution is 5.70. The normalized spacial score (nSPS) is 25.2. The molecule has 0 unspecified atom stereocenters. The van der Waals surface area contributed by atoms with Crippen LogP contribution in [-0.4, -0.2) is 56.6 Å². The average Bonchev–Trinajstić information content (AvgIpc) is 2.93. The number of hydrogen-bond donors (Lipinski definition) is 0. The molecule has 0 aromatic carbocycles. The lowest BCUT2D eigenvalue weighted by atomic mass is 10.1. The molecular formula is C19H28N4O2. The number of aryl methyl sites for hydroxylation is 1. The number of nitrogens with zero attached hydrogens (tertiary/aromatic N) is 4. The van der Waals surface area contributed by atoms with Crippen LogP contribution in [0.15, 0.2) is 6.07 Å². The molecule has 0 radical (unpaired) electrons. The Morgan fingerprint density at radius 1 is 1.08 bits per heavy atom. The van der Waals surface area contributed by atoms with Crippen LogP contribution in [0.25, 0.3) is 0 Å². The van der Waals surface area contributed by atoms with Crippen molar-refractivity contribution in [3.05, 3.63) is 17.3 Å². The Kier molecular flexibility index (Phi) is 5.77. The molecule has 0 aliphatic carbocycles. The maximum Gasteiger partial charge on any atom is 0.149 e. The summed E-state index contributed by atoms with van der Waals surface area (Å²) in [7, 11) is 0. The van der Waals surface area contributed by atoms with Crippen molar-refractivity contribution < 1.29 is 9.47 Å². The van der Waals surface area contributed by atoms with E-state index < -0.39 is 0 Å². The van der Waals surface area contributed by atoms with Gasteiger partial charge in [-0.3, -0.25) is 0 Å². The van der Waals surface area contributed by atoms with Gasteiger partial charge in [0.2, 0.25) is 0 Å². The predicted octanol–water partition coefficient (Wildman–Crippen LogP) is 2.49. The third-order valence-electron chi connectivity index (χ3n) is 4.76. The Morgan fingerprint density at radius 2 is 1.68 bits per heavy atom. The van der Waals surface area contributed by atoms with Crippen LogP contribution in [0.3, 0.4) is 0 Å². The van der Waals surface area contributed by atoms with Gasteiger partial charge in [-0.1, -0.05) is 0 Å². The van der Waals surface area contributed by atoms with Crippen molar-refractivity contribution in [2.24, 2.45) is 0 Å². The van der Waals surface area contributed by atoms with Gasteiger partial charge >= 0.3 is 0 Å². The first-order valence-electron chi connectivity index (χ1n) is 9.23. The lowest BCUT2D eigenvalue weighted by Crippen LogP contribution is -2.34. The van der Waals surface area contributed by atoms with Gasteiger partial charge in [0.25, 0.3) is 0 Å². The van der Waals surface area contributed by atoms with E-state index in [1.165, 1.54) is 0 Å². The van der Waals surface area contributed by atoms with E-state index in [1.54, 1.807) is 0 Å². The van der Waals surface area contributed by atoms with Crippen molar-refractivity contribution in [1.29, 1.82) is 5.26 Å². The van der Waals surface area contributed by atoms with Gasteiger partial charge in [0.05, 0.1) is 17.9 Å². The second-order valence-corrected chi connectivity index (χ2v) is 7.06. The number of ether oxygens (including phenoxy) is 2. The molecule has 3 rings (SSSR count). The lowest BCUT2D eigenvalue weighted by molar-refractivity contribution is 0.0819. The zero-order chi connectivity index (χ0) is 17.8. The fourth-order valence-corrected chi connectivity index (χ4v) is 3.63. The number of anilines is 2. The standard InChI is InChI=1S/C19H28N4O2/c1-14-10-18(22-6-4-8-24-15(2)12-22)17(11-20)19(21-14)23-7-5-9-25-16(3)13-23/h10,15-16H,4-9,12-13H2,1-3H3/t15-,16-/m1/s1. The van der Waals surface area contributed by atoms with Gasteiger partial charge in [-0.05, 0) is 39.7 Å². The maximum absolute atomic E-state index is 9.92. The smallest absolute Gasteiger partial charge is 0.149 e. The highest BCUT2D eigenvalue weighted by Crippen LogP contribution is 2.31. The van der Waals surface area contributed by atoms with Gasteiger partial charge in [-0.2, -0.15) is 5.26 Å². The monoisotopic (exact) mass is 344 g/mol. The molecule has 6 nitrogen and oxygen atoms in total. The number of nitriles is 1. The Morgan fingerprint density at radius 3 is 2.32 bits per heavy atom. The van der Waals surface area contributed by atoms with E-state index in [0.29, 0.717) is 5.56 Å². The Bertz CT molecular complexity index is 598. The number of rotatable bonds is 2. The van der Waals surface area contributed by atoms with Crippen LogP contribution in [0.5, 0.6) is 0 Å². The Hall–Kier alpha value is -1.84. The molecule has 2 fully saturated rings. The van der Waals surface area contributed by atoms with E-state index in [4.69, 9.17) is 14.5 Å². The summed E-state index contributed by atoms with van der Waals surface area (Å²) in [4.78, 5) is 9.23. The van der Waals surface area contributed by atoms with Crippen molar-refractivity contribution in [3.8, 4) is 6.07 Å². The van der Waals surface area contributed by atoms with E-state index in [1.807, 2.05) is 13.0 Å². The first kappa shape index (κ1) is 18.0. The molecule has 25 heavy (non-hydrogen) atoms. The fraction of sp³-hybridized carbons (Fsp3) is 0.684. The third kappa shape index (κ3) is 4.23. The first-order chi connectivity index (χ1) is 12.1. The molecule has 1 aromatic heterocycles. The highest BCUT2D eigenvalue weighted by Gasteiger charge is 2.25. The zero-order valence-electron chi connectivity index (χ0n) is 15.5. The van der Waals surface area contributed by atoms with Crippen molar-refractivity contribution >= 4 is 11.5 Å². The van der Waals surface area contributed by atoms with E-state index >= 15 is 0 Å². The second kappa shape index (κ2) is 8.03.